The fourth-order valence-electron chi connectivity index (χ4n) is 1.96. The number of nitriles is 1. The van der Waals surface area contributed by atoms with Gasteiger partial charge in [-0.05, 0) is 46.6 Å². The van der Waals surface area contributed by atoms with E-state index in [1.165, 1.54) is 11.3 Å². The second kappa shape index (κ2) is 8.59. The van der Waals surface area contributed by atoms with Crippen LogP contribution in [-0.2, 0) is 9.59 Å². The van der Waals surface area contributed by atoms with E-state index in [-0.39, 0.29) is 24.9 Å². The van der Waals surface area contributed by atoms with Crippen molar-refractivity contribution in [3.8, 4) is 6.07 Å². The van der Waals surface area contributed by atoms with Gasteiger partial charge in [-0.15, -0.1) is 11.3 Å². The van der Waals surface area contributed by atoms with E-state index in [0.29, 0.717) is 16.3 Å². The lowest BCUT2D eigenvalue weighted by atomic mass is 10.3. The highest BCUT2D eigenvalue weighted by atomic mass is 79.9. The second-order valence-electron chi connectivity index (χ2n) is 5.02. The number of anilines is 2. The molecular formula is C16H15BrN4O2S. The zero-order chi connectivity index (χ0) is 17.5. The summed E-state index contributed by atoms with van der Waals surface area (Å²) in [6, 6.07) is 11.0. The van der Waals surface area contributed by atoms with Crippen molar-refractivity contribution in [2.24, 2.45) is 0 Å². The molecule has 2 amide bonds. The number of carbonyl (C=O) groups excluding carboxylic acids is 2. The Morgan fingerprint density at radius 1 is 1.21 bits per heavy atom. The first-order valence-electron chi connectivity index (χ1n) is 7.00. The summed E-state index contributed by atoms with van der Waals surface area (Å²) in [7, 11) is 1.68. The lowest BCUT2D eigenvalue weighted by Gasteiger charge is -2.16. The molecule has 2 aromatic rings. The van der Waals surface area contributed by atoms with E-state index in [4.69, 9.17) is 5.26 Å². The predicted octanol–water partition coefficient (Wildman–Crippen LogP) is 2.89. The van der Waals surface area contributed by atoms with Gasteiger partial charge >= 0.3 is 0 Å². The molecule has 1 aromatic carbocycles. The number of thiophene rings is 1. The van der Waals surface area contributed by atoms with Gasteiger partial charge in [0.15, 0.2) is 0 Å². The van der Waals surface area contributed by atoms with Crippen LogP contribution in [0.2, 0.25) is 0 Å². The molecular weight excluding hydrogens is 392 g/mol. The topological polar surface area (TPSA) is 85.2 Å². The highest BCUT2D eigenvalue weighted by Crippen LogP contribution is 2.22. The lowest BCUT2D eigenvalue weighted by molar-refractivity contribution is -0.119. The lowest BCUT2D eigenvalue weighted by Crippen LogP contribution is -2.36. The molecule has 0 bridgehead atoms. The van der Waals surface area contributed by atoms with Gasteiger partial charge in [0.2, 0.25) is 11.8 Å². The summed E-state index contributed by atoms with van der Waals surface area (Å²) in [6.07, 6.45) is 0. The number of rotatable bonds is 6. The number of nitrogens with one attached hydrogen (secondary N) is 2. The Labute approximate surface area is 152 Å². The molecule has 0 fully saturated rings. The van der Waals surface area contributed by atoms with Gasteiger partial charge in [0.25, 0.3) is 0 Å². The van der Waals surface area contributed by atoms with Crippen LogP contribution in [0.3, 0.4) is 0 Å². The minimum atomic E-state index is -0.273. The molecule has 0 radical (unpaired) electrons. The highest BCUT2D eigenvalue weighted by Gasteiger charge is 2.13. The molecule has 0 aliphatic carbocycles. The molecule has 0 aliphatic rings. The number of hydrogen-bond donors (Lipinski definition) is 2. The van der Waals surface area contributed by atoms with Crippen molar-refractivity contribution in [2.45, 2.75) is 0 Å². The van der Waals surface area contributed by atoms with Crippen LogP contribution in [0, 0.1) is 11.3 Å². The molecule has 6 nitrogen and oxygen atoms in total. The van der Waals surface area contributed by atoms with Crippen molar-refractivity contribution in [3.63, 3.8) is 0 Å². The number of halogens is 1. The maximum absolute atomic E-state index is 12.0. The number of amides is 2. The van der Waals surface area contributed by atoms with Crippen LogP contribution in [0.1, 0.15) is 5.56 Å². The first-order chi connectivity index (χ1) is 11.5. The van der Waals surface area contributed by atoms with Crippen molar-refractivity contribution in [1.29, 1.82) is 5.26 Å². The van der Waals surface area contributed by atoms with Gasteiger partial charge in [0.05, 0.1) is 24.3 Å². The third-order valence-electron chi connectivity index (χ3n) is 3.01. The predicted molar refractivity (Wildman–Crippen MR) is 97.9 cm³/mol. The monoisotopic (exact) mass is 406 g/mol. The summed E-state index contributed by atoms with van der Waals surface area (Å²) >= 11 is 4.65. The van der Waals surface area contributed by atoms with Crippen molar-refractivity contribution in [2.75, 3.05) is 30.8 Å². The minimum absolute atomic E-state index is 0.0478. The Balaban J connectivity index is 1.83. The van der Waals surface area contributed by atoms with Gasteiger partial charge in [-0.1, -0.05) is 12.1 Å². The molecule has 0 saturated carbocycles. The maximum atomic E-state index is 12.0. The van der Waals surface area contributed by atoms with Crippen molar-refractivity contribution in [1.82, 2.24) is 4.90 Å². The molecule has 24 heavy (non-hydrogen) atoms. The van der Waals surface area contributed by atoms with Crippen LogP contribution in [0.25, 0.3) is 0 Å². The molecule has 0 spiro atoms. The Morgan fingerprint density at radius 2 is 1.88 bits per heavy atom. The van der Waals surface area contributed by atoms with Gasteiger partial charge in [-0.25, -0.2) is 0 Å². The van der Waals surface area contributed by atoms with Gasteiger partial charge in [-0.3, -0.25) is 14.5 Å². The quantitative estimate of drug-likeness (QED) is 0.771. The maximum Gasteiger partial charge on any atom is 0.239 e. The molecule has 2 rings (SSSR count). The average molecular weight is 407 g/mol. The van der Waals surface area contributed by atoms with Crippen LogP contribution < -0.4 is 10.6 Å². The third kappa shape index (κ3) is 5.16. The van der Waals surface area contributed by atoms with Crippen molar-refractivity contribution < 1.29 is 9.59 Å². The number of likely N-dealkylation sites (N-methyl/N-ethyl adjacent to an activating group) is 1. The fourth-order valence-corrected chi connectivity index (χ4v) is 3.10. The first-order valence-corrected chi connectivity index (χ1v) is 8.67. The largest absolute Gasteiger partial charge is 0.324 e. The Morgan fingerprint density at radius 3 is 2.54 bits per heavy atom. The fraction of sp³-hybridized carbons (Fsp3) is 0.188. The van der Waals surface area contributed by atoms with Crippen molar-refractivity contribution in [3.05, 3.63) is 45.7 Å². The molecule has 2 N–H and O–H groups in total. The standard InChI is InChI=1S/C16H15BrN4O2S/c1-21(9-14(22)19-13-5-3-2-4-12(13)17)10-15(23)20-16-11(8-18)6-7-24-16/h2-7H,9-10H2,1H3,(H,19,22)(H,20,23). The van der Waals surface area contributed by atoms with Crippen LogP contribution in [-0.4, -0.2) is 36.9 Å². The normalized spacial score (nSPS) is 10.2. The molecule has 1 aromatic heterocycles. The van der Waals surface area contributed by atoms with E-state index in [2.05, 4.69) is 26.6 Å². The molecule has 0 atom stereocenters. The van der Waals surface area contributed by atoms with E-state index in [1.807, 2.05) is 24.3 Å². The van der Waals surface area contributed by atoms with Crippen LogP contribution in [0.15, 0.2) is 40.2 Å². The first kappa shape index (κ1) is 18.1. The molecule has 124 valence electrons. The summed E-state index contributed by atoms with van der Waals surface area (Å²) in [5.74, 6) is -0.490. The van der Waals surface area contributed by atoms with Gasteiger partial charge in [-0.2, -0.15) is 5.26 Å². The number of hydrogen-bond acceptors (Lipinski definition) is 5. The zero-order valence-electron chi connectivity index (χ0n) is 12.9. The van der Waals surface area contributed by atoms with E-state index >= 15 is 0 Å². The summed E-state index contributed by atoms with van der Waals surface area (Å²) in [5.41, 5.74) is 1.11. The Kier molecular flexibility index (Phi) is 6.49. The Bertz CT molecular complexity index is 766. The third-order valence-corrected chi connectivity index (χ3v) is 4.53. The van der Waals surface area contributed by atoms with Gasteiger partial charge in [0.1, 0.15) is 11.1 Å². The van der Waals surface area contributed by atoms with Crippen LogP contribution >= 0.6 is 27.3 Å². The highest BCUT2D eigenvalue weighted by molar-refractivity contribution is 9.10. The van der Waals surface area contributed by atoms with Gasteiger partial charge < -0.3 is 10.6 Å². The molecule has 0 saturated heterocycles. The van der Waals surface area contributed by atoms with Crippen molar-refractivity contribution >= 4 is 49.8 Å². The number of benzene rings is 1. The van der Waals surface area contributed by atoms with E-state index in [1.54, 1.807) is 29.5 Å². The summed E-state index contributed by atoms with van der Waals surface area (Å²) in [6.45, 7) is 0.121. The summed E-state index contributed by atoms with van der Waals surface area (Å²) in [4.78, 5) is 25.6. The van der Waals surface area contributed by atoms with E-state index in [0.717, 1.165) is 4.47 Å². The molecule has 0 aliphatic heterocycles. The molecule has 1 heterocycles. The Hall–Kier alpha value is -2.21. The van der Waals surface area contributed by atoms with Crippen LogP contribution in [0.4, 0.5) is 10.7 Å². The van der Waals surface area contributed by atoms with Crippen LogP contribution in [0.5, 0.6) is 0 Å². The minimum Gasteiger partial charge on any atom is -0.324 e. The molecule has 0 unspecified atom stereocenters. The molecule has 8 heteroatoms. The second-order valence-corrected chi connectivity index (χ2v) is 6.79. The smallest absolute Gasteiger partial charge is 0.239 e. The van der Waals surface area contributed by atoms with E-state index in [9.17, 15) is 9.59 Å². The SMILES string of the molecule is CN(CC(=O)Nc1ccccc1Br)CC(=O)Nc1sccc1C#N. The summed E-state index contributed by atoms with van der Waals surface area (Å²) < 4.78 is 0.792. The number of carbonyl (C=O) groups is 2. The summed E-state index contributed by atoms with van der Waals surface area (Å²) in [5, 5.41) is 16.6. The van der Waals surface area contributed by atoms with Gasteiger partial charge in [0, 0.05) is 4.47 Å². The zero-order valence-corrected chi connectivity index (χ0v) is 15.3. The average Bonchev–Trinajstić information content (AvgIpc) is 2.96. The number of nitrogens with zero attached hydrogens (tertiary/aromatic N) is 2. The number of para-hydroxylation sites is 1. The van der Waals surface area contributed by atoms with E-state index < -0.39 is 0 Å².